The predicted octanol–water partition coefficient (Wildman–Crippen LogP) is 0.254. The number of aromatic nitrogens is 3. The Morgan fingerprint density at radius 3 is 2.67 bits per heavy atom. The normalized spacial score (nSPS) is 11.3. The van der Waals surface area contributed by atoms with Gasteiger partial charge in [-0.25, -0.2) is 13.1 Å². The smallest absolute Gasteiger partial charge is 0.229 e. The number of nitrogens with one attached hydrogen (secondary N) is 2. The van der Waals surface area contributed by atoms with Crippen molar-refractivity contribution in [3.8, 4) is 0 Å². The van der Waals surface area contributed by atoms with Gasteiger partial charge in [-0.3, -0.25) is 4.72 Å². The van der Waals surface area contributed by atoms with Crippen molar-refractivity contribution in [2.24, 2.45) is 0 Å². The Hall–Kier alpha value is -2.13. The quantitative estimate of drug-likeness (QED) is 0.676. The number of nitrogens with zero attached hydrogens (tertiary/aromatic N) is 3. The lowest BCUT2D eigenvalue weighted by atomic mass is 10.2. The summed E-state index contributed by atoms with van der Waals surface area (Å²) in [6, 6.07) is 6.99. The van der Waals surface area contributed by atoms with Crippen molar-refractivity contribution in [3.05, 3.63) is 36.2 Å². The van der Waals surface area contributed by atoms with Gasteiger partial charge >= 0.3 is 0 Å². The topological polar surface area (TPSA) is 109 Å². The molecule has 0 radical (unpaired) electrons. The SMILES string of the molecule is CS(=O)(=O)Nc1ccccc1NCc1cn(CCO)nn1. The van der Waals surface area contributed by atoms with Crippen molar-refractivity contribution in [1.82, 2.24) is 15.0 Å². The number of hydrogen-bond acceptors (Lipinski definition) is 6. The average Bonchev–Trinajstić information content (AvgIpc) is 2.84. The molecule has 0 bridgehead atoms. The van der Waals surface area contributed by atoms with Crippen LogP contribution in [0, 0.1) is 0 Å². The molecule has 3 N–H and O–H groups in total. The molecule has 0 amide bonds. The van der Waals surface area contributed by atoms with Crippen LogP contribution < -0.4 is 10.0 Å². The first-order valence-electron chi connectivity index (χ1n) is 6.28. The van der Waals surface area contributed by atoms with Gasteiger partial charge in [-0.05, 0) is 12.1 Å². The van der Waals surface area contributed by atoms with E-state index in [2.05, 4.69) is 20.4 Å². The molecule has 2 aromatic rings. The largest absolute Gasteiger partial charge is 0.394 e. The monoisotopic (exact) mass is 311 g/mol. The first-order chi connectivity index (χ1) is 9.98. The Labute approximate surface area is 122 Å². The minimum Gasteiger partial charge on any atom is -0.394 e. The van der Waals surface area contributed by atoms with E-state index in [1.165, 1.54) is 4.68 Å². The fraction of sp³-hybridized carbons (Fsp3) is 0.333. The summed E-state index contributed by atoms with van der Waals surface area (Å²) in [7, 11) is -3.34. The van der Waals surface area contributed by atoms with E-state index in [1.807, 2.05) is 0 Å². The summed E-state index contributed by atoms with van der Waals surface area (Å²) in [6.45, 7) is 0.782. The molecule has 0 aliphatic heterocycles. The molecule has 0 unspecified atom stereocenters. The summed E-state index contributed by atoms with van der Waals surface area (Å²) >= 11 is 0. The molecule has 0 aliphatic rings. The van der Waals surface area contributed by atoms with E-state index in [-0.39, 0.29) is 6.61 Å². The van der Waals surface area contributed by atoms with E-state index in [1.54, 1.807) is 30.5 Å². The second-order valence-electron chi connectivity index (χ2n) is 4.47. The molecule has 9 heteroatoms. The number of sulfonamides is 1. The van der Waals surface area contributed by atoms with Gasteiger partial charge in [0.05, 0.1) is 43.5 Å². The zero-order valence-corrected chi connectivity index (χ0v) is 12.3. The van der Waals surface area contributed by atoms with Crippen LogP contribution in [0.1, 0.15) is 5.69 Å². The maximum absolute atomic E-state index is 11.3. The van der Waals surface area contributed by atoms with Crippen molar-refractivity contribution < 1.29 is 13.5 Å². The van der Waals surface area contributed by atoms with Gasteiger partial charge < -0.3 is 10.4 Å². The van der Waals surface area contributed by atoms with E-state index in [0.29, 0.717) is 30.2 Å². The zero-order valence-electron chi connectivity index (χ0n) is 11.5. The van der Waals surface area contributed by atoms with Gasteiger partial charge in [0.1, 0.15) is 5.69 Å². The molecule has 0 spiro atoms. The standard InChI is InChI=1S/C12H17N5O3S/c1-21(19,20)15-12-5-3-2-4-11(12)13-8-10-9-17(6-7-18)16-14-10/h2-5,9,13,15,18H,6-8H2,1H3. The lowest BCUT2D eigenvalue weighted by molar-refractivity contribution is 0.268. The Balaban J connectivity index is 2.05. The van der Waals surface area contributed by atoms with Crippen LogP contribution in [0.15, 0.2) is 30.5 Å². The van der Waals surface area contributed by atoms with Crippen LogP contribution in [0.25, 0.3) is 0 Å². The lowest BCUT2D eigenvalue weighted by Gasteiger charge is -2.11. The molecule has 1 aromatic carbocycles. The molecule has 1 heterocycles. The highest BCUT2D eigenvalue weighted by atomic mass is 32.2. The van der Waals surface area contributed by atoms with E-state index in [9.17, 15) is 8.42 Å². The van der Waals surface area contributed by atoms with Crippen molar-refractivity contribution in [3.63, 3.8) is 0 Å². The van der Waals surface area contributed by atoms with Crippen molar-refractivity contribution in [2.45, 2.75) is 13.1 Å². The third-order valence-electron chi connectivity index (χ3n) is 2.60. The van der Waals surface area contributed by atoms with E-state index in [0.717, 1.165) is 6.26 Å². The lowest BCUT2D eigenvalue weighted by Crippen LogP contribution is -2.12. The molecule has 8 nitrogen and oxygen atoms in total. The van der Waals surface area contributed by atoms with Crippen LogP contribution in [0.2, 0.25) is 0 Å². The highest BCUT2D eigenvalue weighted by Gasteiger charge is 2.07. The van der Waals surface area contributed by atoms with Crippen LogP contribution >= 0.6 is 0 Å². The minimum absolute atomic E-state index is 0.00264. The van der Waals surface area contributed by atoms with Crippen LogP contribution in [0.4, 0.5) is 11.4 Å². The van der Waals surface area contributed by atoms with Crippen molar-refractivity contribution in [1.29, 1.82) is 0 Å². The first-order valence-corrected chi connectivity index (χ1v) is 8.17. The molecule has 21 heavy (non-hydrogen) atoms. The van der Waals surface area contributed by atoms with E-state index < -0.39 is 10.0 Å². The van der Waals surface area contributed by atoms with Crippen LogP contribution in [-0.4, -0.2) is 41.4 Å². The summed E-state index contributed by atoms with van der Waals surface area (Å²) < 4.78 is 26.6. The van der Waals surface area contributed by atoms with Gasteiger partial charge in [0.15, 0.2) is 0 Å². The Bertz CT molecular complexity index is 698. The molecule has 0 atom stereocenters. The molecular weight excluding hydrogens is 294 g/mol. The maximum atomic E-state index is 11.3. The summed E-state index contributed by atoms with van der Waals surface area (Å²) in [6.07, 6.45) is 2.82. The van der Waals surface area contributed by atoms with Gasteiger partial charge in [0.2, 0.25) is 10.0 Å². The second-order valence-corrected chi connectivity index (χ2v) is 6.22. The van der Waals surface area contributed by atoms with Gasteiger partial charge in [0.25, 0.3) is 0 Å². The third kappa shape index (κ3) is 4.72. The Kier molecular flexibility index (Phi) is 4.76. The first kappa shape index (κ1) is 15.3. The van der Waals surface area contributed by atoms with Gasteiger partial charge in [-0.1, -0.05) is 17.3 Å². The average molecular weight is 311 g/mol. The summed E-state index contributed by atoms with van der Waals surface area (Å²) in [5, 5.41) is 19.7. The van der Waals surface area contributed by atoms with E-state index in [4.69, 9.17) is 5.11 Å². The molecule has 0 saturated carbocycles. The molecule has 0 saturated heterocycles. The number of hydrogen-bond donors (Lipinski definition) is 3. The van der Waals surface area contributed by atoms with Gasteiger partial charge in [-0.2, -0.15) is 0 Å². The molecule has 0 aliphatic carbocycles. The number of anilines is 2. The Morgan fingerprint density at radius 1 is 1.29 bits per heavy atom. The highest BCUT2D eigenvalue weighted by Crippen LogP contribution is 2.22. The number of aliphatic hydroxyl groups is 1. The van der Waals surface area contributed by atoms with Gasteiger partial charge in [-0.15, -0.1) is 5.10 Å². The number of para-hydroxylation sites is 2. The van der Waals surface area contributed by atoms with E-state index >= 15 is 0 Å². The van der Waals surface area contributed by atoms with Crippen molar-refractivity contribution >= 4 is 21.4 Å². The highest BCUT2D eigenvalue weighted by molar-refractivity contribution is 7.92. The fourth-order valence-corrected chi connectivity index (χ4v) is 2.32. The van der Waals surface area contributed by atoms with Crippen LogP contribution in [0.5, 0.6) is 0 Å². The van der Waals surface area contributed by atoms with Crippen LogP contribution in [-0.2, 0) is 23.1 Å². The third-order valence-corrected chi connectivity index (χ3v) is 3.19. The maximum Gasteiger partial charge on any atom is 0.229 e. The number of benzene rings is 1. The van der Waals surface area contributed by atoms with Gasteiger partial charge in [0, 0.05) is 0 Å². The number of rotatable bonds is 7. The predicted molar refractivity (Wildman–Crippen MR) is 79.3 cm³/mol. The molecule has 0 fully saturated rings. The second kappa shape index (κ2) is 6.55. The minimum atomic E-state index is -3.34. The summed E-state index contributed by atoms with van der Waals surface area (Å²) in [5.74, 6) is 0. The summed E-state index contributed by atoms with van der Waals surface area (Å²) in [5.41, 5.74) is 1.82. The molecular formula is C12H17N5O3S. The molecule has 1 aromatic heterocycles. The zero-order chi connectivity index (χ0) is 15.3. The Morgan fingerprint density at radius 2 is 2.00 bits per heavy atom. The van der Waals surface area contributed by atoms with Crippen molar-refractivity contribution in [2.75, 3.05) is 22.9 Å². The summed E-state index contributed by atoms with van der Waals surface area (Å²) in [4.78, 5) is 0. The fourth-order valence-electron chi connectivity index (χ4n) is 1.74. The van der Waals surface area contributed by atoms with Crippen LogP contribution in [0.3, 0.4) is 0 Å². The molecule has 2 rings (SSSR count). The molecule has 114 valence electrons. The number of aliphatic hydroxyl groups excluding tert-OH is 1.